The average molecular weight is 518 g/mol. The molecule has 36 heavy (non-hydrogen) atoms. The quantitative estimate of drug-likeness (QED) is 0.408. The molecule has 0 fully saturated rings. The summed E-state index contributed by atoms with van der Waals surface area (Å²) in [5.74, 6) is -0.374. The molecular formula is C27H39N3O5S. The van der Waals surface area contributed by atoms with E-state index >= 15 is 0 Å². The lowest BCUT2D eigenvalue weighted by molar-refractivity contribution is -0.140. The van der Waals surface area contributed by atoms with E-state index in [-0.39, 0.29) is 18.1 Å². The monoisotopic (exact) mass is 517 g/mol. The highest BCUT2D eigenvalue weighted by atomic mass is 32.2. The van der Waals surface area contributed by atoms with Crippen molar-refractivity contribution in [3.05, 3.63) is 59.2 Å². The Morgan fingerprint density at radius 3 is 2.22 bits per heavy atom. The Bertz CT molecular complexity index is 1130. The Morgan fingerprint density at radius 1 is 1.03 bits per heavy atom. The number of aryl methyl sites for hydroxylation is 2. The Labute approximate surface area is 215 Å². The van der Waals surface area contributed by atoms with E-state index in [2.05, 4.69) is 5.32 Å². The Balaban J connectivity index is 2.46. The van der Waals surface area contributed by atoms with Crippen molar-refractivity contribution in [1.82, 2.24) is 10.2 Å². The van der Waals surface area contributed by atoms with Crippen molar-refractivity contribution < 1.29 is 22.7 Å². The highest BCUT2D eigenvalue weighted by Crippen LogP contribution is 2.31. The first-order valence-corrected chi connectivity index (χ1v) is 14.1. The Hall–Kier alpha value is -3.07. The number of rotatable bonds is 13. The first-order valence-electron chi connectivity index (χ1n) is 12.3. The van der Waals surface area contributed by atoms with Gasteiger partial charge >= 0.3 is 0 Å². The van der Waals surface area contributed by atoms with Crippen molar-refractivity contribution in [3.63, 3.8) is 0 Å². The van der Waals surface area contributed by atoms with E-state index in [0.717, 1.165) is 40.1 Å². The van der Waals surface area contributed by atoms with Crippen LogP contribution in [0.2, 0.25) is 0 Å². The lowest BCUT2D eigenvalue weighted by Gasteiger charge is -2.33. The largest absolute Gasteiger partial charge is 0.495 e. The molecule has 8 nitrogen and oxygen atoms in total. The molecule has 9 heteroatoms. The van der Waals surface area contributed by atoms with Gasteiger partial charge in [0.25, 0.3) is 0 Å². The number of sulfonamides is 1. The standard InChI is InChI=1S/C27H39N3O5S/c1-7-9-16-28-27(32)23(8-2)29(18-22-13-10-20(3)11-14-22)26(31)19-30(36(6,33)34)24-17-21(4)12-15-25(24)35-5/h10-15,17,23H,7-9,16,18-19H2,1-6H3,(H,28,32). The fourth-order valence-electron chi connectivity index (χ4n) is 3.91. The van der Waals surface area contributed by atoms with Crippen molar-refractivity contribution in [2.75, 3.05) is 30.8 Å². The summed E-state index contributed by atoms with van der Waals surface area (Å²) < 4.78 is 32.1. The maximum Gasteiger partial charge on any atom is 0.244 e. The normalized spacial score (nSPS) is 12.1. The van der Waals surface area contributed by atoms with Crippen LogP contribution >= 0.6 is 0 Å². The zero-order valence-electron chi connectivity index (χ0n) is 22.2. The van der Waals surface area contributed by atoms with Crippen LogP contribution in [0.25, 0.3) is 0 Å². The number of nitrogens with zero attached hydrogens (tertiary/aromatic N) is 2. The second-order valence-electron chi connectivity index (χ2n) is 9.02. The van der Waals surface area contributed by atoms with Crippen LogP contribution in [0.3, 0.4) is 0 Å². The van der Waals surface area contributed by atoms with Gasteiger partial charge in [0.05, 0.1) is 19.1 Å². The summed E-state index contributed by atoms with van der Waals surface area (Å²) in [5.41, 5.74) is 3.04. The summed E-state index contributed by atoms with van der Waals surface area (Å²) in [4.78, 5) is 28.3. The summed E-state index contributed by atoms with van der Waals surface area (Å²) in [7, 11) is -2.39. The molecule has 198 valence electrons. The van der Waals surface area contributed by atoms with Crippen LogP contribution in [0.5, 0.6) is 5.75 Å². The number of hydrogen-bond acceptors (Lipinski definition) is 5. The molecule has 0 spiro atoms. The van der Waals surface area contributed by atoms with E-state index in [9.17, 15) is 18.0 Å². The number of hydrogen-bond donors (Lipinski definition) is 1. The van der Waals surface area contributed by atoms with Gasteiger partial charge in [-0.05, 0) is 49.9 Å². The van der Waals surface area contributed by atoms with Gasteiger partial charge < -0.3 is 15.0 Å². The fourth-order valence-corrected chi connectivity index (χ4v) is 4.75. The molecule has 2 aromatic carbocycles. The van der Waals surface area contributed by atoms with Gasteiger partial charge in [-0.3, -0.25) is 13.9 Å². The van der Waals surface area contributed by atoms with Crippen LogP contribution < -0.4 is 14.4 Å². The minimum atomic E-state index is -3.84. The molecule has 2 rings (SSSR count). The van der Waals surface area contributed by atoms with Crippen LogP contribution in [-0.2, 0) is 26.2 Å². The zero-order valence-corrected chi connectivity index (χ0v) is 23.0. The minimum Gasteiger partial charge on any atom is -0.495 e. The third-order valence-electron chi connectivity index (χ3n) is 5.97. The number of benzene rings is 2. The third kappa shape index (κ3) is 7.98. The van der Waals surface area contributed by atoms with E-state index in [0.29, 0.717) is 18.7 Å². The van der Waals surface area contributed by atoms with E-state index in [1.165, 1.54) is 12.0 Å². The maximum absolute atomic E-state index is 13.8. The lowest BCUT2D eigenvalue weighted by atomic mass is 10.1. The molecule has 2 aromatic rings. The van der Waals surface area contributed by atoms with Gasteiger partial charge in [0.15, 0.2) is 0 Å². The van der Waals surface area contributed by atoms with Crippen LogP contribution in [0, 0.1) is 13.8 Å². The first kappa shape index (κ1) is 29.2. The number of unbranched alkanes of at least 4 members (excludes halogenated alkanes) is 1. The van der Waals surface area contributed by atoms with Crippen molar-refractivity contribution in [2.45, 2.75) is 59.5 Å². The maximum atomic E-state index is 13.8. The molecule has 0 aliphatic carbocycles. The van der Waals surface area contributed by atoms with Crippen molar-refractivity contribution in [1.29, 1.82) is 0 Å². The van der Waals surface area contributed by atoms with E-state index < -0.39 is 28.5 Å². The summed E-state index contributed by atoms with van der Waals surface area (Å²) in [6.45, 7) is 7.94. The van der Waals surface area contributed by atoms with E-state index in [1.807, 2.05) is 58.0 Å². The summed E-state index contributed by atoms with van der Waals surface area (Å²) in [5, 5.41) is 2.92. The topological polar surface area (TPSA) is 96.0 Å². The summed E-state index contributed by atoms with van der Waals surface area (Å²) in [6, 6.07) is 12.1. The first-order chi connectivity index (χ1) is 17.0. The molecule has 0 aromatic heterocycles. The fraction of sp³-hybridized carbons (Fsp3) is 0.481. The average Bonchev–Trinajstić information content (AvgIpc) is 2.83. The SMILES string of the molecule is CCCCNC(=O)C(CC)N(Cc1ccc(C)cc1)C(=O)CN(c1cc(C)ccc1OC)S(C)(=O)=O. The van der Waals surface area contributed by atoms with Gasteiger partial charge in [-0.25, -0.2) is 8.42 Å². The molecule has 0 bridgehead atoms. The number of carbonyl (C=O) groups excluding carboxylic acids is 2. The van der Waals surface area contributed by atoms with Gasteiger partial charge in [0.1, 0.15) is 18.3 Å². The molecule has 0 saturated heterocycles. The number of methoxy groups -OCH3 is 1. The van der Waals surface area contributed by atoms with Gasteiger partial charge in [-0.1, -0.05) is 56.2 Å². The van der Waals surface area contributed by atoms with Gasteiger partial charge in [-0.15, -0.1) is 0 Å². The van der Waals surface area contributed by atoms with Crippen LogP contribution in [0.1, 0.15) is 49.8 Å². The van der Waals surface area contributed by atoms with Gasteiger partial charge in [0, 0.05) is 13.1 Å². The summed E-state index contributed by atoms with van der Waals surface area (Å²) in [6.07, 6.45) is 3.22. The van der Waals surface area contributed by atoms with Crippen LogP contribution in [-0.4, -0.2) is 57.6 Å². The lowest BCUT2D eigenvalue weighted by Crippen LogP contribution is -2.52. The van der Waals surface area contributed by atoms with Crippen LogP contribution in [0.15, 0.2) is 42.5 Å². The smallest absolute Gasteiger partial charge is 0.244 e. The van der Waals surface area contributed by atoms with Gasteiger partial charge in [-0.2, -0.15) is 0 Å². The summed E-state index contributed by atoms with van der Waals surface area (Å²) >= 11 is 0. The van der Waals surface area contributed by atoms with Crippen molar-refractivity contribution >= 4 is 27.5 Å². The molecule has 0 aliphatic rings. The number of amides is 2. The Morgan fingerprint density at radius 2 is 1.67 bits per heavy atom. The van der Waals surface area contributed by atoms with Gasteiger partial charge in [0.2, 0.25) is 21.8 Å². The molecule has 0 heterocycles. The van der Waals surface area contributed by atoms with Crippen molar-refractivity contribution in [2.24, 2.45) is 0 Å². The molecule has 1 N–H and O–H groups in total. The zero-order chi connectivity index (χ0) is 26.9. The molecule has 0 aliphatic heterocycles. The molecule has 1 atom stereocenters. The number of carbonyl (C=O) groups is 2. The van der Waals surface area contributed by atoms with E-state index in [1.54, 1.807) is 12.1 Å². The molecule has 1 unspecified atom stereocenters. The second-order valence-corrected chi connectivity index (χ2v) is 10.9. The number of anilines is 1. The Kier molecular flexibility index (Phi) is 10.8. The number of ether oxygens (including phenoxy) is 1. The third-order valence-corrected chi connectivity index (χ3v) is 7.10. The van der Waals surface area contributed by atoms with E-state index in [4.69, 9.17) is 4.74 Å². The van der Waals surface area contributed by atoms with Crippen molar-refractivity contribution in [3.8, 4) is 5.75 Å². The molecular weight excluding hydrogens is 478 g/mol. The highest BCUT2D eigenvalue weighted by molar-refractivity contribution is 7.92. The van der Waals surface area contributed by atoms with Crippen LogP contribution in [0.4, 0.5) is 5.69 Å². The second kappa shape index (κ2) is 13.3. The molecule has 0 radical (unpaired) electrons. The molecule has 2 amide bonds. The predicted octanol–water partition coefficient (Wildman–Crippen LogP) is 3.80. The highest BCUT2D eigenvalue weighted by Gasteiger charge is 2.32. The molecule has 0 saturated carbocycles. The minimum absolute atomic E-state index is 0.182. The predicted molar refractivity (Wildman–Crippen MR) is 144 cm³/mol. The number of nitrogens with one attached hydrogen (secondary N) is 1.